The van der Waals surface area contributed by atoms with Crippen LogP contribution in [0.5, 0.6) is 0 Å². The van der Waals surface area contributed by atoms with Gasteiger partial charge in [0.05, 0.1) is 22.1 Å². The monoisotopic (exact) mass is 955 g/mol. The Hall–Kier alpha value is -9.96. The van der Waals surface area contributed by atoms with E-state index < -0.39 is 0 Å². The van der Waals surface area contributed by atoms with E-state index in [1.165, 1.54) is 88.1 Å². The van der Waals surface area contributed by atoms with Gasteiger partial charge in [-0.25, -0.2) is 0 Å². The maximum absolute atomic E-state index is 2.37. The van der Waals surface area contributed by atoms with Gasteiger partial charge in [-0.15, -0.1) is 0 Å². The van der Waals surface area contributed by atoms with E-state index >= 15 is 0 Å². The van der Waals surface area contributed by atoms with Crippen LogP contribution in [0.1, 0.15) is 0 Å². The molecule has 0 radical (unpaired) electrons. The van der Waals surface area contributed by atoms with Gasteiger partial charge in [0.15, 0.2) is 0 Å². The molecule has 352 valence electrons. The van der Waals surface area contributed by atoms with E-state index in [0.29, 0.717) is 0 Å². The van der Waals surface area contributed by atoms with E-state index in [1.54, 1.807) is 0 Å². The van der Waals surface area contributed by atoms with Gasteiger partial charge < -0.3 is 14.0 Å². The van der Waals surface area contributed by atoms with Crippen molar-refractivity contribution in [2.75, 3.05) is 4.90 Å². The number of aromatic nitrogens is 2. The average molecular weight is 956 g/mol. The second-order valence-corrected chi connectivity index (χ2v) is 19.3. The molecule has 0 aliphatic carbocycles. The predicted molar refractivity (Wildman–Crippen MR) is 317 cm³/mol. The third-order valence-electron chi connectivity index (χ3n) is 15.0. The summed E-state index contributed by atoms with van der Waals surface area (Å²) < 4.78 is 4.74. The highest BCUT2D eigenvalue weighted by molar-refractivity contribution is 6.10. The fourth-order valence-corrected chi connectivity index (χ4v) is 11.2. The van der Waals surface area contributed by atoms with Crippen molar-refractivity contribution in [1.29, 1.82) is 0 Å². The van der Waals surface area contributed by atoms with Crippen LogP contribution in [0.15, 0.2) is 297 Å². The van der Waals surface area contributed by atoms with Crippen molar-refractivity contribution in [1.82, 2.24) is 9.13 Å². The third kappa shape index (κ3) is 7.95. The van der Waals surface area contributed by atoms with E-state index in [2.05, 4.69) is 311 Å². The van der Waals surface area contributed by atoms with Crippen molar-refractivity contribution >= 4 is 60.7 Å². The quantitative estimate of drug-likeness (QED) is 0.133. The SMILES string of the molecule is c1ccc(-c2ccc(-c3ccc(-c4ccc(N(c5ccc(-c6ccc(-n7c8ccccc8c8ccccc87)cc6)cc5)c5ccc(-c6ccc(-n7c8ccccc8c8ccccc87)cc6)cc5)cc4)cc3)cc2)cc1. The van der Waals surface area contributed by atoms with Crippen molar-refractivity contribution in [2.24, 2.45) is 0 Å². The Bertz CT molecular complexity index is 4010. The molecule has 0 bridgehead atoms. The molecule has 0 unspecified atom stereocenters. The summed E-state index contributed by atoms with van der Waals surface area (Å²) in [5.74, 6) is 0. The van der Waals surface area contributed by atoms with Crippen LogP contribution >= 0.6 is 0 Å². The van der Waals surface area contributed by atoms with Crippen molar-refractivity contribution in [3.63, 3.8) is 0 Å². The average Bonchev–Trinajstić information content (AvgIpc) is 4.01. The van der Waals surface area contributed by atoms with Gasteiger partial charge in [-0.1, -0.05) is 212 Å². The van der Waals surface area contributed by atoms with Crippen molar-refractivity contribution < 1.29 is 0 Å². The zero-order valence-electron chi connectivity index (χ0n) is 41.1. The van der Waals surface area contributed by atoms with Gasteiger partial charge >= 0.3 is 0 Å². The first-order chi connectivity index (χ1) is 37.2. The normalized spacial score (nSPS) is 11.5. The van der Waals surface area contributed by atoms with Crippen molar-refractivity contribution in [3.05, 3.63) is 297 Å². The molecule has 0 saturated carbocycles. The number of anilines is 3. The summed E-state index contributed by atoms with van der Waals surface area (Å²) in [4.78, 5) is 2.36. The van der Waals surface area contributed by atoms with Crippen LogP contribution in [0.3, 0.4) is 0 Å². The highest BCUT2D eigenvalue weighted by atomic mass is 15.1. The molecular weight excluding hydrogens is 907 g/mol. The lowest BCUT2D eigenvalue weighted by molar-refractivity contribution is 1.18. The Morgan fingerprint density at radius 1 is 0.173 bits per heavy atom. The molecule has 14 rings (SSSR count). The van der Waals surface area contributed by atoms with Crippen LogP contribution in [-0.4, -0.2) is 9.13 Å². The highest BCUT2D eigenvalue weighted by Gasteiger charge is 2.17. The molecule has 75 heavy (non-hydrogen) atoms. The van der Waals surface area contributed by atoms with Crippen LogP contribution in [-0.2, 0) is 0 Å². The van der Waals surface area contributed by atoms with Crippen LogP contribution in [0.2, 0.25) is 0 Å². The number of rotatable bonds is 10. The molecule has 0 atom stereocenters. The summed E-state index contributed by atoms with van der Waals surface area (Å²) in [6.45, 7) is 0. The molecule has 14 aromatic rings. The Balaban J connectivity index is 0.768. The number of fused-ring (bicyclic) bond motifs is 6. The third-order valence-corrected chi connectivity index (χ3v) is 15.0. The number of benzene rings is 12. The largest absolute Gasteiger partial charge is 0.311 e. The summed E-state index contributed by atoms with van der Waals surface area (Å²) in [7, 11) is 0. The summed E-state index contributed by atoms with van der Waals surface area (Å²) in [6.07, 6.45) is 0. The molecule has 3 heteroatoms. The first-order valence-corrected chi connectivity index (χ1v) is 25.7. The Morgan fingerprint density at radius 3 is 0.640 bits per heavy atom. The summed E-state index contributed by atoms with van der Waals surface area (Å²) in [5, 5.41) is 5.06. The van der Waals surface area contributed by atoms with E-state index in [-0.39, 0.29) is 0 Å². The van der Waals surface area contributed by atoms with Crippen LogP contribution < -0.4 is 4.90 Å². The lowest BCUT2D eigenvalue weighted by Gasteiger charge is -2.26. The van der Waals surface area contributed by atoms with Crippen LogP contribution in [0.25, 0.3) is 111 Å². The lowest BCUT2D eigenvalue weighted by Crippen LogP contribution is -2.09. The fourth-order valence-electron chi connectivity index (χ4n) is 11.2. The topological polar surface area (TPSA) is 13.1 Å². The molecule has 2 heterocycles. The Kier molecular flexibility index (Phi) is 10.8. The molecule has 0 N–H and O–H groups in total. The first kappa shape index (κ1) is 43.8. The summed E-state index contributed by atoms with van der Waals surface area (Å²) >= 11 is 0. The number of para-hydroxylation sites is 4. The Labute approximate surface area is 436 Å². The Morgan fingerprint density at radius 2 is 0.373 bits per heavy atom. The van der Waals surface area contributed by atoms with Crippen LogP contribution in [0.4, 0.5) is 17.1 Å². The molecule has 0 aliphatic heterocycles. The number of hydrogen-bond acceptors (Lipinski definition) is 1. The summed E-state index contributed by atoms with van der Waals surface area (Å²) in [6, 6.07) is 108. The lowest BCUT2D eigenvalue weighted by atomic mass is 9.98. The van der Waals surface area contributed by atoms with Gasteiger partial charge in [-0.2, -0.15) is 0 Å². The van der Waals surface area contributed by atoms with Gasteiger partial charge in [0.1, 0.15) is 0 Å². The minimum atomic E-state index is 1.08. The van der Waals surface area contributed by atoms with E-state index in [0.717, 1.165) is 39.6 Å². The smallest absolute Gasteiger partial charge is 0.0541 e. The second kappa shape index (κ2) is 18.6. The molecule has 2 aromatic heterocycles. The van der Waals surface area contributed by atoms with Gasteiger partial charge in [-0.05, 0) is 141 Å². The zero-order valence-corrected chi connectivity index (χ0v) is 41.1. The van der Waals surface area contributed by atoms with Gasteiger partial charge in [0, 0.05) is 50.0 Å². The van der Waals surface area contributed by atoms with Gasteiger partial charge in [0.25, 0.3) is 0 Å². The first-order valence-electron chi connectivity index (χ1n) is 25.7. The standard InChI is InChI=1S/C72H49N3/c1-2-12-50(13-3-1)51-22-24-52(25-23-51)53-26-28-54(29-27-53)55-30-40-60(41-31-55)73(61-42-32-56(33-43-61)58-36-46-63(47-37-58)74-69-18-8-4-14-65(69)66-15-5-9-19-70(66)74)62-44-34-57(35-45-62)59-38-48-64(49-39-59)75-71-20-10-6-16-67(71)68-17-7-11-21-72(68)75/h1-49H. The molecule has 0 amide bonds. The number of hydrogen-bond donors (Lipinski definition) is 0. The van der Waals surface area contributed by atoms with E-state index in [9.17, 15) is 0 Å². The number of nitrogens with zero attached hydrogens (tertiary/aromatic N) is 3. The molecule has 0 spiro atoms. The zero-order chi connectivity index (χ0) is 49.7. The predicted octanol–water partition coefficient (Wildman–Crippen LogP) is 19.7. The summed E-state index contributed by atoms with van der Waals surface area (Å²) in [5.41, 5.74) is 22.3. The minimum absolute atomic E-state index is 1.08. The minimum Gasteiger partial charge on any atom is -0.311 e. The van der Waals surface area contributed by atoms with Crippen molar-refractivity contribution in [2.45, 2.75) is 0 Å². The molecule has 12 aromatic carbocycles. The van der Waals surface area contributed by atoms with E-state index in [1.807, 2.05) is 0 Å². The van der Waals surface area contributed by atoms with Crippen LogP contribution in [0, 0.1) is 0 Å². The van der Waals surface area contributed by atoms with Crippen molar-refractivity contribution in [3.8, 4) is 67.0 Å². The maximum atomic E-state index is 2.37. The van der Waals surface area contributed by atoms with Gasteiger partial charge in [0.2, 0.25) is 0 Å². The van der Waals surface area contributed by atoms with Gasteiger partial charge in [-0.3, -0.25) is 0 Å². The second-order valence-electron chi connectivity index (χ2n) is 19.3. The highest BCUT2D eigenvalue weighted by Crippen LogP contribution is 2.40. The fraction of sp³-hybridized carbons (Fsp3) is 0. The molecule has 0 aliphatic rings. The molecular formula is C72H49N3. The maximum Gasteiger partial charge on any atom is 0.0541 e. The molecule has 3 nitrogen and oxygen atoms in total. The van der Waals surface area contributed by atoms with E-state index in [4.69, 9.17) is 0 Å². The molecule has 0 saturated heterocycles. The molecule has 0 fully saturated rings.